The van der Waals surface area contributed by atoms with Crippen LogP contribution in [-0.2, 0) is 11.2 Å². The summed E-state index contributed by atoms with van der Waals surface area (Å²) in [5, 5.41) is 6.59. The van der Waals surface area contributed by atoms with Crippen molar-refractivity contribution in [1.82, 2.24) is 10.2 Å². The fourth-order valence-electron chi connectivity index (χ4n) is 3.31. The minimum absolute atomic E-state index is 0. The van der Waals surface area contributed by atoms with Crippen molar-refractivity contribution in [2.75, 3.05) is 31.5 Å². The highest BCUT2D eigenvalue weighted by atomic mass is 127. The van der Waals surface area contributed by atoms with E-state index in [-0.39, 0.29) is 36.0 Å². The summed E-state index contributed by atoms with van der Waals surface area (Å²) in [7, 11) is 0. The third-order valence-electron chi connectivity index (χ3n) is 4.79. The number of aliphatic imine (C=N–C) groups is 1. The molecular weight excluding hydrogens is 507 g/mol. The van der Waals surface area contributed by atoms with Gasteiger partial charge in [0, 0.05) is 44.7 Å². The number of nitrogens with zero attached hydrogens (tertiary/aromatic N) is 2. The van der Waals surface area contributed by atoms with E-state index in [9.17, 15) is 4.79 Å². The average molecular weight is 540 g/mol. The Morgan fingerprint density at radius 1 is 1.19 bits per heavy atom. The van der Waals surface area contributed by atoms with E-state index in [1.165, 1.54) is 0 Å². The Bertz CT molecular complexity index is 801. The molecular formula is C23H33IN4O3. The van der Waals surface area contributed by atoms with Crippen LogP contribution in [0.4, 0.5) is 5.69 Å². The summed E-state index contributed by atoms with van der Waals surface area (Å²) < 4.78 is 11.1. The van der Waals surface area contributed by atoms with Gasteiger partial charge in [-0.05, 0) is 63.1 Å². The first-order valence-corrected chi connectivity index (χ1v) is 10.7. The van der Waals surface area contributed by atoms with Gasteiger partial charge < -0.3 is 24.7 Å². The molecule has 2 heterocycles. The molecule has 7 nitrogen and oxygen atoms in total. The number of benzene rings is 1. The molecule has 8 heteroatoms. The van der Waals surface area contributed by atoms with Crippen molar-refractivity contribution >= 4 is 41.5 Å². The van der Waals surface area contributed by atoms with Crippen molar-refractivity contribution in [3.8, 4) is 5.75 Å². The van der Waals surface area contributed by atoms with Crippen molar-refractivity contribution in [3.63, 3.8) is 0 Å². The second-order valence-corrected chi connectivity index (χ2v) is 7.64. The topological polar surface area (TPSA) is 79.1 Å². The largest absolute Gasteiger partial charge is 0.491 e. The number of rotatable bonds is 9. The number of amides is 1. The smallest absolute Gasteiger partial charge is 0.224 e. The number of halogens is 1. The number of ether oxygens (including phenoxy) is 1. The lowest BCUT2D eigenvalue weighted by atomic mass is 10.3. The lowest BCUT2D eigenvalue weighted by Gasteiger charge is -2.17. The summed E-state index contributed by atoms with van der Waals surface area (Å²) in [6.07, 6.45) is 5.19. The molecule has 1 amide bonds. The van der Waals surface area contributed by atoms with Gasteiger partial charge in [-0.3, -0.25) is 9.79 Å². The van der Waals surface area contributed by atoms with Gasteiger partial charge in [0.2, 0.25) is 5.91 Å². The number of hydrogen-bond acceptors (Lipinski definition) is 4. The standard InChI is InChI=1S/C23H32N4O3.HI/c1-18(2)30-21-9-7-19(8-10-21)26-23(24-13-11-20-6-5-17-29-20)25-14-12-22(28)27-15-3-4-16-27;/h5-10,17-18H,3-4,11-16H2,1-2H3,(H2,24,25,26);1H. The van der Waals surface area contributed by atoms with Crippen LogP contribution < -0.4 is 15.4 Å². The quantitative estimate of drug-likeness (QED) is 0.282. The number of anilines is 1. The second-order valence-electron chi connectivity index (χ2n) is 7.64. The van der Waals surface area contributed by atoms with Crippen LogP contribution >= 0.6 is 24.0 Å². The molecule has 1 aliphatic heterocycles. The minimum Gasteiger partial charge on any atom is -0.491 e. The normalized spacial score (nSPS) is 13.8. The molecule has 0 spiro atoms. The van der Waals surface area contributed by atoms with E-state index in [2.05, 4.69) is 15.6 Å². The lowest BCUT2D eigenvalue weighted by Crippen LogP contribution is -2.35. The lowest BCUT2D eigenvalue weighted by molar-refractivity contribution is -0.129. The first-order valence-electron chi connectivity index (χ1n) is 10.7. The molecule has 1 fully saturated rings. The molecule has 0 saturated carbocycles. The van der Waals surface area contributed by atoms with E-state index in [0.29, 0.717) is 31.9 Å². The Labute approximate surface area is 201 Å². The Morgan fingerprint density at radius 2 is 1.94 bits per heavy atom. The van der Waals surface area contributed by atoms with E-state index < -0.39 is 0 Å². The average Bonchev–Trinajstić information content (AvgIpc) is 3.43. The van der Waals surface area contributed by atoms with Crippen LogP contribution in [0.1, 0.15) is 38.9 Å². The molecule has 1 aromatic heterocycles. The van der Waals surface area contributed by atoms with Crippen LogP contribution in [0.2, 0.25) is 0 Å². The third kappa shape index (κ3) is 8.80. The predicted molar refractivity (Wildman–Crippen MR) is 134 cm³/mol. The van der Waals surface area contributed by atoms with Gasteiger partial charge in [-0.25, -0.2) is 0 Å². The van der Waals surface area contributed by atoms with Gasteiger partial charge >= 0.3 is 0 Å². The Morgan fingerprint density at radius 3 is 2.58 bits per heavy atom. The number of likely N-dealkylation sites (tertiary alicyclic amines) is 1. The molecule has 1 aliphatic rings. The SMILES string of the molecule is CC(C)Oc1ccc(NC(=NCCc2ccco2)NCCC(=O)N2CCCC2)cc1.I. The van der Waals surface area contributed by atoms with Crippen molar-refractivity contribution in [2.24, 2.45) is 4.99 Å². The second kappa shape index (κ2) is 13.2. The summed E-state index contributed by atoms with van der Waals surface area (Å²) in [5.41, 5.74) is 0.904. The van der Waals surface area contributed by atoms with Gasteiger partial charge in [0.25, 0.3) is 0 Å². The van der Waals surface area contributed by atoms with E-state index in [4.69, 9.17) is 9.15 Å². The Kier molecular flexibility index (Phi) is 10.7. The number of hydrogen-bond donors (Lipinski definition) is 2. The summed E-state index contributed by atoms with van der Waals surface area (Å²) in [4.78, 5) is 18.9. The van der Waals surface area contributed by atoms with Crippen LogP contribution in [0.3, 0.4) is 0 Å². The molecule has 0 radical (unpaired) electrons. The summed E-state index contributed by atoms with van der Waals surface area (Å²) in [6.45, 7) is 6.89. The summed E-state index contributed by atoms with van der Waals surface area (Å²) in [6, 6.07) is 11.6. The fraction of sp³-hybridized carbons (Fsp3) is 0.478. The Hall–Kier alpha value is -2.23. The molecule has 1 saturated heterocycles. The maximum absolute atomic E-state index is 12.3. The zero-order valence-corrected chi connectivity index (χ0v) is 20.6. The molecule has 0 bridgehead atoms. The van der Waals surface area contributed by atoms with Crippen LogP contribution in [-0.4, -0.2) is 49.0 Å². The van der Waals surface area contributed by atoms with Gasteiger partial charge in [0.1, 0.15) is 11.5 Å². The number of carbonyl (C=O) groups excluding carboxylic acids is 1. The molecule has 0 atom stereocenters. The van der Waals surface area contributed by atoms with Crippen molar-refractivity contribution in [2.45, 2.75) is 45.6 Å². The molecule has 0 aliphatic carbocycles. The maximum Gasteiger partial charge on any atom is 0.224 e. The summed E-state index contributed by atoms with van der Waals surface area (Å²) in [5.74, 6) is 2.58. The van der Waals surface area contributed by atoms with Crippen molar-refractivity contribution in [1.29, 1.82) is 0 Å². The first-order chi connectivity index (χ1) is 14.6. The first kappa shape index (κ1) is 25.0. The number of carbonyl (C=O) groups is 1. The molecule has 0 unspecified atom stereocenters. The van der Waals surface area contributed by atoms with Crippen LogP contribution in [0.5, 0.6) is 5.75 Å². The number of guanidine groups is 1. The van der Waals surface area contributed by atoms with Gasteiger partial charge in [0.15, 0.2) is 5.96 Å². The zero-order chi connectivity index (χ0) is 21.2. The molecule has 31 heavy (non-hydrogen) atoms. The fourth-order valence-corrected chi connectivity index (χ4v) is 3.31. The summed E-state index contributed by atoms with van der Waals surface area (Å²) >= 11 is 0. The maximum atomic E-state index is 12.3. The monoisotopic (exact) mass is 540 g/mol. The van der Waals surface area contributed by atoms with E-state index in [0.717, 1.165) is 43.1 Å². The van der Waals surface area contributed by atoms with Gasteiger partial charge in [-0.1, -0.05) is 0 Å². The van der Waals surface area contributed by atoms with Gasteiger partial charge in [-0.15, -0.1) is 24.0 Å². The molecule has 1 aromatic carbocycles. The van der Waals surface area contributed by atoms with Gasteiger partial charge in [0.05, 0.1) is 12.4 Å². The molecule has 2 aromatic rings. The van der Waals surface area contributed by atoms with Gasteiger partial charge in [-0.2, -0.15) is 0 Å². The van der Waals surface area contributed by atoms with E-state index in [1.807, 2.05) is 55.1 Å². The highest BCUT2D eigenvalue weighted by Gasteiger charge is 2.17. The highest BCUT2D eigenvalue weighted by molar-refractivity contribution is 14.0. The Balaban J connectivity index is 0.00000341. The van der Waals surface area contributed by atoms with E-state index in [1.54, 1.807) is 6.26 Å². The van der Waals surface area contributed by atoms with Crippen molar-refractivity contribution < 1.29 is 13.9 Å². The van der Waals surface area contributed by atoms with Crippen LogP contribution in [0.15, 0.2) is 52.1 Å². The number of furan rings is 1. The van der Waals surface area contributed by atoms with Crippen molar-refractivity contribution in [3.05, 3.63) is 48.4 Å². The van der Waals surface area contributed by atoms with E-state index >= 15 is 0 Å². The molecule has 170 valence electrons. The van der Waals surface area contributed by atoms with Crippen LogP contribution in [0.25, 0.3) is 0 Å². The zero-order valence-electron chi connectivity index (χ0n) is 18.3. The van der Waals surface area contributed by atoms with Crippen LogP contribution in [0, 0.1) is 0 Å². The molecule has 3 rings (SSSR count). The number of nitrogens with one attached hydrogen (secondary N) is 2. The molecule has 2 N–H and O–H groups in total. The minimum atomic E-state index is 0. The highest BCUT2D eigenvalue weighted by Crippen LogP contribution is 2.17. The predicted octanol–water partition coefficient (Wildman–Crippen LogP) is 4.30. The third-order valence-corrected chi connectivity index (χ3v) is 4.79.